The first-order valence-corrected chi connectivity index (χ1v) is 20.2. The molecule has 0 heterocycles. The van der Waals surface area contributed by atoms with Crippen molar-refractivity contribution in [2.75, 3.05) is 50.7 Å². The Balaban J connectivity index is 1.49. The first-order valence-electron chi connectivity index (χ1n) is 15.1. The number of carbonyl (C=O) groups is 2. The second-order valence-electron chi connectivity index (χ2n) is 12.2. The van der Waals surface area contributed by atoms with Gasteiger partial charge in [-0.3, -0.25) is 9.59 Å². The van der Waals surface area contributed by atoms with E-state index in [0.717, 1.165) is 0 Å². The van der Waals surface area contributed by atoms with Crippen molar-refractivity contribution in [2.24, 2.45) is 0 Å². The van der Waals surface area contributed by atoms with Gasteiger partial charge in [0.2, 0.25) is 0 Å². The largest absolute Gasteiger partial charge is 0.520 e. The number of benzene rings is 5. The van der Waals surface area contributed by atoms with Gasteiger partial charge < -0.3 is 17.7 Å². The molecule has 0 aliphatic heterocycles. The van der Waals surface area contributed by atoms with Crippen LogP contribution < -0.4 is 14.9 Å². The minimum absolute atomic E-state index is 0.300. The summed E-state index contributed by atoms with van der Waals surface area (Å²) in [5.74, 6) is -11.3. The van der Waals surface area contributed by atoms with Crippen molar-refractivity contribution in [3.8, 4) is 11.5 Å². The molecule has 0 saturated carbocycles. The van der Waals surface area contributed by atoms with Crippen molar-refractivity contribution in [1.82, 2.24) is 0 Å². The maximum Gasteiger partial charge on any atom is 0.520 e. The van der Waals surface area contributed by atoms with E-state index in [1.54, 1.807) is 72.8 Å². The number of Topliss-reactive ketones (excluding diaryl/α,β-unsaturated/α-hetero) is 2. The van der Waals surface area contributed by atoms with E-state index in [0.29, 0.717) is 44.2 Å². The minimum atomic E-state index is -2.68. The smallest absolute Gasteiger partial charge is 0.496 e. The summed E-state index contributed by atoms with van der Waals surface area (Å²) in [7, 11) is -4.54. The van der Waals surface area contributed by atoms with Crippen molar-refractivity contribution in [3.05, 3.63) is 113 Å². The Bertz CT molecular complexity index is 1980. The van der Waals surface area contributed by atoms with Gasteiger partial charge in [-0.2, -0.15) is 0 Å². The zero-order valence-electron chi connectivity index (χ0n) is 28.1. The highest BCUT2D eigenvalue weighted by Crippen LogP contribution is 2.48. The van der Waals surface area contributed by atoms with Crippen molar-refractivity contribution >= 4 is 66.3 Å². The zero-order chi connectivity index (χ0) is 36.5. The average Bonchev–Trinajstić information content (AvgIpc) is 3.07. The Hall–Kier alpha value is -4.11. The second-order valence-corrected chi connectivity index (χ2v) is 18.9. The normalized spacial score (nSPS) is 12.6. The molecule has 0 amide bonds. The molecule has 0 N–H and O–H groups in total. The number of hydrogen-bond donors (Lipinski definition) is 0. The van der Waals surface area contributed by atoms with Crippen LogP contribution in [0.15, 0.2) is 72.8 Å². The van der Waals surface area contributed by atoms with Crippen LogP contribution >= 0.6 is 20.6 Å². The van der Waals surface area contributed by atoms with Gasteiger partial charge in [0.25, 0.3) is 0 Å². The fraction of sp³-hybridized carbons (Fsp3) is 0.222. The van der Waals surface area contributed by atoms with Gasteiger partial charge in [-0.25, -0.2) is 22.0 Å². The molecule has 50 heavy (non-hydrogen) atoms. The molecule has 5 aromatic rings. The molecule has 0 saturated heterocycles. The fourth-order valence-corrected chi connectivity index (χ4v) is 8.63. The lowest BCUT2D eigenvalue weighted by Gasteiger charge is -2.39. The Labute approximate surface area is 290 Å². The molecule has 0 radical (unpaired) electrons. The Morgan fingerprint density at radius 1 is 0.540 bits per heavy atom. The number of rotatable bonds is 13. The second kappa shape index (κ2) is 14.6. The van der Waals surface area contributed by atoms with Gasteiger partial charge in [0.05, 0.1) is 31.2 Å². The summed E-state index contributed by atoms with van der Waals surface area (Å²) in [6.07, 6.45) is 6.04. The number of methoxy groups -OCH3 is 2. The summed E-state index contributed by atoms with van der Waals surface area (Å²) in [5, 5.41) is 2.54. The zero-order valence-corrected chi connectivity index (χ0v) is 29.7. The standard InChI is InChI=1S/C36H34BF5O6S2/c1-45-29-17-15-23(21-11-7-9-13-25(21)29)27(43)19-49(3,4)47-37(31-32(38)34(40)36(42)35(41)33(31)39)48-50(5,6)20-28(44)24-16-18-30(46-2)26-14-10-8-12-22(24)26/h7-18H,19-20H2,1-6H3. The minimum Gasteiger partial charge on any atom is -0.496 e. The van der Waals surface area contributed by atoms with Crippen molar-refractivity contribution in [2.45, 2.75) is 0 Å². The summed E-state index contributed by atoms with van der Waals surface area (Å²) in [5.41, 5.74) is -0.711. The van der Waals surface area contributed by atoms with Gasteiger partial charge in [0.1, 0.15) is 11.5 Å². The van der Waals surface area contributed by atoms with Crippen molar-refractivity contribution in [1.29, 1.82) is 0 Å². The molecule has 6 nitrogen and oxygen atoms in total. The van der Waals surface area contributed by atoms with Crippen LogP contribution in [0.2, 0.25) is 0 Å². The highest BCUT2D eigenvalue weighted by molar-refractivity contribution is 8.30. The van der Waals surface area contributed by atoms with E-state index >= 15 is 8.78 Å². The van der Waals surface area contributed by atoms with Crippen LogP contribution in [-0.2, 0) is 8.20 Å². The number of halogens is 5. The van der Waals surface area contributed by atoms with E-state index in [1.807, 2.05) is 0 Å². The van der Waals surface area contributed by atoms with Crippen LogP contribution in [0, 0.1) is 29.1 Å². The predicted octanol–water partition coefficient (Wildman–Crippen LogP) is 8.16. The molecule has 0 unspecified atom stereocenters. The van der Waals surface area contributed by atoms with Gasteiger partial charge in [-0.15, -0.1) is 20.6 Å². The molecular weight excluding hydrogens is 698 g/mol. The lowest BCUT2D eigenvalue weighted by atomic mass is 9.79. The van der Waals surface area contributed by atoms with E-state index < -0.39 is 73.9 Å². The van der Waals surface area contributed by atoms with Crippen LogP contribution in [0.25, 0.3) is 21.5 Å². The molecule has 264 valence electrons. The third-order valence-electron chi connectivity index (χ3n) is 7.94. The first kappa shape index (κ1) is 37.2. The molecule has 5 rings (SSSR count). The van der Waals surface area contributed by atoms with Crippen LogP contribution in [0.5, 0.6) is 11.5 Å². The molecule has 0 bridgehead atoms. The molecule has 5 aromatic carbocycles. The highest BCUT2D eigenvalue weighted by Gasteiger charge is 2.42. The van der Waals surface area contributed by atoms with E-state index in [2.05, 4.69) is 0 Å². The van der Waals surface area contributed by atoms with E-state index in [-0.39, 0.29) is 11.5 Å². The van der Waals surface area contributed by atoms with Gasteiger partial charge in [0, 0.05) is 21.9 Å². The Morgan fingerprint density at radius 3 is 1.24 bits per heavy atom. The van der Waals surface area contributed by atoms with Crippen LogP contribution in [0.4, 0.5) is 22.0 Å². The molecule has 0 aliphatic rings. The summed E-state index contributed by atoms with van der Waals surface area (Å²) in [6, 6.07) is 20.6. The van der Waals surface area contributed by atoms with Crippen molar-refractivity contribution < 1.29 is 49.2 Å². The fourth-order valence-electron chi connectivity index (χ4n) is 5.65. The molecule has 0 fully saturated rings. The summed E-state index contributed by atoms with van der Waals surface area (Å²) < 4.78 is 96.8. The van der Waals surface area contributed by atoms with Gasteiger partial charge in [0.15, 0.2) is 40.7 Å². The van der Waals surface area contributed by atoms with Crippen LogP contribution in [0.3, 0.4) is 0 Å². The molecule has 0 spiro atoms. The monoisotopic (exact) mass is 732 g/mol. The highest BCUT2D eigenvalue weighted by atomic mass is 32.3. The van der Waals surface area contributed by atoms with Gasteiger partial charge in [-0.1, -0.05) is 48.5 Å². The quantitative estimate of drug-likeness (QED) is 0.0400. The number of carbonyl (C=O) groups excluding carboxylic acids is 2. The SMILES string of the molecule is COc1ccc(C(=O)CS(C)(C)OB(OS(C)(C)CC(=O)c2ccc(OC)c3ccccc23)c2c(F)c(F)c(F)c(F)c2F)c2ccccc12. The third-order valence-corrected chi connectivity index (χ3v) is 11.2. The topological polar surface area (TPSA) is 71.1 Å². The maximum absolute atomic E-state index is 15.3. The predicted molar refractivity (Wildman–Crippen MR) is 192 cm³/mol. The summed E-state index contributed by atoms with van der Waals surface area (Å²) in [6.45, 7) is 0. The van der Waals surface area contributed by atoms with Gasteiger partial charge >= 0.3 is 7.12 Å². The van der Waals surface area contributed by atoms with E-state index in [4.69, 9.17) is 17.7 Å². The number of ketones is 2. The number of hydrogen-bond acceptors (Lipinski definition) is 6. The summed E-state index contributed by atoms with van der Waals surface area (Å²) in [4.78, 5) is 27.4. The molecule has 14 heteroatoms. The maximum atomic E-state index is 15.3. The van der Waals surface area contributed by atoms with Crippen molar-refractivity contribution in [3.63, 3.8) is 0 Å². The lowest BCUT2D eigenvalue weighted by molar-refractivity contribution is 0.101. The van der Waals surface area contributed by atoms with Crippen LogP contribution in [-0.4, -0.2) is 69.4 Å². The molecule has 0 aromatic heterocycles. The number of fused-ring (bicyclic) bond motifs is 2. The Morgan fingerprint density at radius 2 is 0.880 bits per heavy atom. The molecular formula is C36H34BF5O6S2. The lowest BCUT2D eigenvalue weighted by Crippen LogP contribution is -2.45. The molecule has 0 atom stereocenters. The third kappa shape index (κ3) is 7.48. The number of ether oxygens (including phenoxy) is 2. The average molecular weight is 733 g/mol. The van der Waals surface area contributed by atoms with Gasteiger partial charge in [-0.05, 0) is 60.1 Å². The first-order chi connectivity index (χ1) is 23.6. The Kier molecular flexibility index (Phi) is 10.9. The van der Waals surface area contributed by atoms with Crippen LogP contribution in [0.1, 0.15) is 20.7 Å². The molecule has 0 aliphatic carbocycles. The summed E-state index contributed by atoms with van der Waals surface area (Å²) >= 11 is 0. The van der Waals surface area contributed by atoms with E-state index in [9.17, 15) is 22.8 Å². The van der Waals surface area contributed by atoms with E-state index in [1.165, 1.54) is 39.2 Å².